The number of pyridine rings is 1. The van der Waals surface area contributed by atoms with Crippen LogP contribution in [0.3, 0.4) is 0 Å². The van der Waals surface area contributed by atoms with Crippen molar-refractivity contribution in [3.63, 3.8) is 0 Å². The van der Waals surface area contributed by atoms with E-state index in [1.54, 1.807) is 13.1 Å². The van der Waals surface area contributed by atoms with Crippen LogP contribution in [0.4, 0.5) is 5.82 Å². The second-order valence-corrected chi connectivity index (χ2v) is 3.45. The fourth-order valence-electron chi connectivity index (χ4n) is 1.37. The first kappa shape index (κ1) is 11.7. The molecular formula is C12H18N2O. The average molecular weight is 206 g/mol. The van der Waals surface area contributed by atoms with Gasteiger partial charge >= 0.3 is 0 Å². The second kappa shape index (κ2) is 5.51. The summed E-state index contributed by atoms with van der Waals surface area (Å²) in [5.74, 6) is 0.918. The van der Waals surface area contributed by atoms with Gasteiger partial charge in [0.1, 0.15) is 5.82 Å². The topological polar surface area (TPSA) is 36.4 Å². The number of anilines is 1. The number of likely N-dealkylation sites (N-methyl/N-ethyl adjacent to an activating group) is 1. The van der Waals surface area contributed by atoms with E-state index in [9.17, 15) is 5.11 Å². The van der Waals surface area contributed by atoms with Gasteiger partial charge in [0.15, 0.2) is 0 Å². The number of rotatable bonds is 5. The molecule has 0 aliphatic carbocycles. The van der Waals surface area contributed by atoms with E-state index < -0.39 is 6.10 Å². The van der Waals surface area contributed by atoms with Crippen molar-refractivity contribution in [2.45, 2.75) is 20.0 Å². The Balaban J connectivity index is 2.81. The summed E-state index contributed by atoms with van der Waals surface area (Å²) < 4.78 is 0. The highest BCUT2D eigenvalue weighted by Crippen LogP contribution is 2.15. The molecule has 1 N–H and O–H groups in total. The van der Waals surface area contributed by atoms with Gasteiger partial charge in [0, 0.05) is 19.3 Å². The van der Waals surface area contributed by atoms with Crippen molar-refractivity contribution < 1.29 is 5.11 Å². The number of aromatic nitrogens is 1. The Morgan fingerprint density at radius 2 is 2.33 bits per heavy atom. The first-order valence-corrected chi connectivity index (χ1v) is 5.19. The van der Waals surface area contributed by atoms with Crippen LogP contribution in [0.5, 0.6) is 0 Å². The maximum atomic E-state index is 9.34. The summed E-state index contributed by atoms with van der Waals surface area (Å²) in [5, 5.41) is 9.34. The van der Waals surface area contributed by atoms with Crippen molar-refractivity contribution in [2.24, 2.45) is 0 Å². The van der Waals surface area contributed by atoms with Crippen molar-refractivity contribution in [1.82, 2.24) is 4.98 Å². The van der Waals surface area contributed by atoms with Gasteiger partial charge in [-0.25, -0.2) is 4.98 Å². The fraction of sp³-hybridized carbons (Fsp3) is 0.417. The van der Waals surface area contributed by atoms with E-state index >= 15 is 0 Å². The number of hydrogen-bond donors (Lipinski definition) is 1. The van der Waals surface area contributed by atoms with Crippen LogP contribution >= 0.6 is 0 Å². The molecule has 0 radical (unpaired) electrons. The van der Waals surface area contributed by atoms with Crippen LogP contribution in [0.2, 0.25) is 0 Å². The minimum Gasteiger partial charge on any atom is -0.389 e. The summed E-state index contributed by atoms with van der Waals surface area (Å²) in [7, 11) is 0. The highest BCUT2D eigenvalue weighted by atomic mass is 16.3. The van der Waals surface area contributed by atoms with E-state index in [4.69, 9.17) is 0 Å². The quantitative estimate of drug-likeness (QED) is 0.750. The largest absolute Gasteiger partial charge is 0.389 e. The van der Waals surface area contributed by atoms with E-state index in [1.807, 2.05) is 18.2 Å². The summed E-state index contributed by atoms with van der Waals surface area (Å²) in [5.41, 5.74) is 0.841. The molecule has 82 valence electrons. The summed E-state index contributed by atoms with van der Waals surface area (Å²) in [6, 6.07) is 3.83. The van der Waals surface area contributed by atoms with E-state index in [0.29, 0.717) is 0 Å². The highest BCUT2D eigenvalue weighted by molar-refractivity contribution is 5.40. The van der Waals surface area contributed by atoms with E-state index in [1.165, 1.54) is 0 Å². The smallest absolute Gasteiger partial charge is 0.128 e. The summed E-state index contributed by atoms with van der Waals surface area (Å²) in [6.45, 7) is 9.21. The molecule has 0 aliphatic rings. The monoisotopic (exact) mass is 206 g/mol. The van der Waals surface area contributed by atoms with Crippen molar-refractivity contribution in [2.75, 3.05) is 18.0 Å². The van der Waals surface area contributed by atoms with Crippen LogP contribution < -0.4 is 4.90 Å². The summed E-state index contributed by atoms with van der Waals surface area (Å²) in [6.07, 6.45) is 3.11. The number of aliphatic hydroxyl groups is 1. The van der Waals surface area contributed by atoms with E-state index in [-0.39, 0.29) is 0 Å². The Bertz CT molecular complexity index is 306. The molecule has 0 fully saturated rings. The van der Waals surface area contributed by atoms with Crippen molar-refractivity contribution in [3.8, 4) is 0 Å². The first-order valence-electron chi connectivity index (χ1n) is 5.19. The van der Waals surface area contributed by atoms with Crippen LogP contribution in [0.1, 0.15) is 25.5 Å². The molecular weight excluding hydrogens is 188 g/mol. The number of hydrogen-bond acceptors (Lipinski definition) is 3. The Hall–Kier alpha value is -1.35. The van der Waals surface area contributed by atoms with Gasteiger partial charge in [-0.2, -0.15) is 0 Å². The third-order valence-electron chi connectivity index (χ3n) is 2.31. The third-order valence-corrected chi connectivity index (χ3v) is 2.31. The molecule has 0 bridgehead atoms. The molecule has 0 saturated heterocycles. The standard InChI is InChI=1S/C12H18N2O/c1-4-8-14(5-2)12-7-6-11(9-13-12)10(3)15/h4,6-7,9-10,15H,1,5,8H2,2-3H3/t10-/m1/s1. The lowest BCUT2D eigenvalue weighted by molar-refractivity contribution is 0.199. The van der Waals surface area contributed by atoms with E-state index in [0.717, 1.165) is 24.5 Å². The molecule has 0 unspecified atom stereocenters. The Kier molecular flexibility index (Phi) is 4.31. The zero-order valence-electron chi connectivity index (χ0n) is 9.35. The third kappa shape index (κ3) is 3.06. The molecule has 0 aromatic carbocycles. The second-order valence-electron chi connectivity index (χ2n) is 3.45. The molecule has 0 spiro atoms. The van der Waals surface area contributed by atoms with Crippen molar-refractivity contribution >= 4 is 5.82 Å². The first-order chi connectivity index (χ1) is 7.19. The van der Waals surface area contributed by atoms with Crippen LogP contribution in [0, 0.1) is 0 Å². The molecule has 1 aromatic heterocycles. The van der Waals surface area contributed by atoms with Crippen molar-refractivity contribution in [1.29, 1.82) is 0 Å². The predicted octanol–water partition coefficient (Wildman–Crippen LogP) is 2.15. The highest BCUT2D eigenvalue weighted by Gasteiger charge is 2.05. The zero-order valence-corrected chi connectivity index (χ0v) is 9.35. The summed E-state index contributed by atoms with van der Waals surface area (Å²) in [4.78, 5) is 6.42. The van der Waals surface area contributed by atoms with Crippen LogP contribution in [-0.2, 0) is 0 Å². The van der Waals surface area contributed by atoms with Gasteiger partial charge in [-0.3, -0.25) is 0 Å². The van der Waals surface area contributed by atoms with Crippen molar-refractivity contribution in [3.05, 3.63) is 36.5 Å². The predicted molar refractivity (Wildman–Crippen MR) is 63.0 cm³/mol. The average Bonchev–Trinajstić information content (AvgIpc) is 2.26. The van der Waals surface area contributed by atoms with Crippen LogP contribution in [0.25, 0.3) is 0 Å². The normalized spacial score (nSPS) is 12.2. The Labute approximate surface area is 91.1 Å². The lowest BCUT2D eigenvalue weighted by Gasteiger charge is -2.20. The lowest BCUT2D eigenvalue weighted by Crippen LogP contribution is -2.23. The fourth-order valence-corrected chi connectivity index (χ4v) is 1.37. The van der Waals surface area contributed by atoms with Crippen LogP contribution in [0.15, 0.2) is 31.0 Å². The van der Waals surface area contributed by atoms with Gasteiger partial charge in [0.05, 0.1) is 6.10 Å². The number of aliphatic hydroxyl groups excluding tert-OH is 1. The molecule has 0 saturated carbocycles. The molecule has 1 aromatic rings. The molecule has 1 rings (SSSR count). The maximum absolute atomic E-state index is 9.34. The maximum Gasteiger partial charge on any atom is 0.128 e. The van der Waals surface area contributed by atoms with Gasteiger partial charge in [0.2, 0.25) is 0 Å². The molecule has 15 heavy (non-hydrogen) atoms. The van der Waals surface area contributed by atoms with Gasteiger partial charge < -0.3 is 10.0 Å². The number of nitrogens with zero attached hydrogens (tertiary/aromatic N) is 2. The zero-order chi connectivity index (χ0) is 11.3. The minimum atomic E-state index is -0.457. The van der Waals surface area contributed by atoms with Gasteiger partial charge in [-0.05, 0) is 25.5 Å². The van der Waals surface area contributed by atoms with E-state index in [2.05, 4.69) is 23.4 Å². The Morgan fingerprint density at radius 3 is 2.73 bits per heavy atom. The lowest BCUT2D eigenvalue weighted by atomic mass is 10.2. The van der Waals surface area contributed by atoms with Crippen LogP contribution in [-0.4, -0.2) is 23.2 Å². The molecule has 0 aliphatic heterocycles. The molecule has 1 atom stereocenters. The molecule has 0 amide bonds. The summed E-state index contributed by atoms with van der Waals surface area (Å²) >= 11 is 0. The molecule has 1 heterocycles. The molecule has 3 nitrogen and oxygen atoms in total. The molecule has 3 heteroatoms. The SMILES string of the molecule is C=CCN(CC)c1ccc([C@@H](C)O)cn1. The van der Waals surface area contributed by atoms with Gasteiger partial charge in [0.25, 0.3) is 0 Å². The van der Waals surface area contributed by atoms with Gasteiger partial charge in [-0.1, -0.05) is 12.1 Å². The van der Waals surface area contributed by atoms with Gasteiger partial charge in [-0.15, -0.1) is 6.58 Å². The minimum absolute atomic E-state index is 0.457. The Morgan fingerprint density at radius 1 is 1.60 bits per heavy atom.